The zero-order valence-electron chi connectivity index (χ0n) is 11.0. The van der Waals surface area contributed by atoms with Crippen LogP contribution in [0.3, 0.4) is 0 Å². The number of amides is 2. The molecule has 0 radical (unpaired) electrons. The molecule has 5 nitrogen and oxygen atoms in total. The lowest BCUT2D eigenvalue weighted by atomic mass is 10.2. The highest BCUT2D eigenvalue weighted by molar-refractivity contribution is 6.31. The van der Waals surface area contributed by atoms with Crippen LogP contribution >= 0.6 is 11.6 Å². The molecular weight excluding hydrogens is 268 g/mol. The summed E-state index contributed by atoms with van der Waals surface area (Å²) in [6.45, 7) is 3.65. The number of aryl methyl sites for hydroxylation is 1. The summed E-state index contributed by atoms with van der Waals surface area (Å²) >= 11 is 5.90. The van der Waals surface area contributed by atoms with Crippen molar-refractivity contribution in [2.24, 2.45) is 0 Å². The minimum absolute atomic E-state index is 0.244. The molecule has 1 aromatic carbocycles. The lowest BCUT2D eigenvalue weighted by Gasteiger charge is -2.08. The SMILES string of the molecule is CC(=O)NNC(=O)CCCOc1ccc(Cl)c(C)c1. The molecule has 104 valence electrons. The van der Waals surface area contributed by atoms with Crippen LogP contribution < -0.4 is 15.6 Å². The highest BCUT2D eigenvalue weighted by atomic mass is 35.5. The Morgan fingerprint density at radius 3 is 2.68 bits per heavy atom. The molecule has 0 saturated carbocycles. The van der Waals surface area contributed by atoms with Gasteiger partial charge in [-0.3, -0.25) is 20.4 Å². The van der Waals surface area contributed by atoms with Crippen molar-refractivity contribution in [3.63, 3.8) is 0 Å². The molecule has 19 heavy (non-hydrogen) atoms. The number of carbonyl (C=O) groups excluding carboxylic acids is 2. The molecule has 0 spiro atoms. The molecule has 2 amide bonds. The predicted octanol–water partition coefficient (Wildman–Crippen LogP) is 1.97. The Morgan fingerprint density at radius 2 is 2.05 bits per heavy atom. The minimum atomic E-state index is -0.304. The van der Waals surface area contributed by atoms with E-state index in [1.807, 2.05) is 13.0 Å². The van der Waals surface area contributed by atoms with E-state index in [1.165, 1.54) is 6.92 Å². The summed E-state index contributed by atoms with van der Waals surface area (Å²) in [6, 6.07) is 5.40. The van der Waals surface area contributed by atoms with Gasteiger partial charge in [0, 0.05) is 18.4 Å². The van der Waals surface area contributed by atoms with E-state index in [0.717, 1.165) is 11.3 Å². The number of hydrazine groups is 1. The molecule has 0 aliphatic carbocycles. The highest BCUT2D eigenvalue weighted by Crippen LogP contribution is 2.21. The lowest BCUT2D eigenvalue weighted by molar-refractivity contribution is -0.127. The smallest absolute Gasteiger partial charge is 0.238 e. The fraction of sp³-hybridized carbons (Fsp3) is 0.385. The molecule has 0 aliphatic heterocycles. The molecule has 0 atom stereocenters. The Morgan fingerprint density at radius 1 is 1.32 bits per heavy atom. The van der Waals surface area contributed by atoms with Crippen LogP contribution in [0.5, 0.6) is 5.75 Å². The van der Waals surface area contributed by atoms with E-state index in [2.05, 4.69) is 10.9 Å². The number of halogens is 1. The van der Waals surface area contributed by atoms with E-state index in [4.69, 9.17) is 16.3 Å². The van der Waals surface area contributed by atoms with Crippen LogP contribution in [0.4, 0.5) is 0 Å². The van der Waals surface area contributed by atoms with Crippen molar-refractivity contribution < 1.29 is 14.3 Å². The average Bonchev–Trinajstić information content (AvgIpc) is 2.36. The summed E-state index contributed by atoms with van der Waals surface area (Å²) < 4.78 is 5.49. The first kappa shape index (κ1) is 15.3. The van der Waals surface area contributed by atoms with Gasteiger partial charge in [0.05, 0.1) is 6.61 Å². The van der Waals surface area contributed by atoms with E-state index in [0.29, 0.717) is 18.1 Å². The van der Waals surface area contributed by atoms with Crippen molar-refractivity contribution in [3.05, 3.63) is 28.8 Å². The van der Waals surface area contributed by atoms with Crippen LogP contribution in [0.2, 0.25) is 5.02 Å². The van der Waals surface area contributed by atoms with Crippen LogP contribution in [0.1, 0.15) is 25.3 Å². The maximum atomic E-state index is 11.3. The molecule has 0 saturated heterocycles. The average molecular weight is 285 g/mol. The van der Waals surface area contributed by atoms with Gasteiger partial charge in [-0.05, 0) is 37.1 Å². The Hall–Kier alpha value is -1.75. The summed E-state index contributed by atoms with van der Waals surface area (Å²) in [5.74, 6) is 0.177. The quantitative estimate of drug-likeness (QED) is 0.642. The summed E-state index contributed by atoms with van der Waals surface area (Å²) in [4.78, 5) is 21.8. The van der Waals surface area contributed by atoms with E-state index in [1.54, 1.807) is 12.1 Å². The van der Waals surface area contributed by atoms with Gasteiger partial charge in [0.1, 0.15) is 5.75 Å². The number of hydrogen-bond donors (Lipinski definition) is 2. The zero-order chi connectivity index (χ0) is 14.3. The molecule has 0 unspecified atom stereocenters. The van der Waals surface area contributed by atoms with Crippen molar-refractivity contribution in [2.45, 2.75) is 26.7 Å². The largest absolute Gasteiger partial charge is 0.494 e. The molecule has 0 aliphatic rings. The second-order valence-electron chi connectivity index (χ2n) is 4.09. The number of hydrogen-bond acceptors (Lipinski definition) is 3. The Balaban J connectivity index is 2.21. The summed E-state index contributed by atoms with van der Waals surface area (Å²) in [6.07, 6.45) is 0.847. The third-order valence-corrected chi connectivity index (χ3v) is 2.75. The fourth-order valence-electron chi connectivity index (χ4n) is 1.35. The van der Waals surface area contributed by atoms with Crippen LogP contribution in [0.25, 0.3) is 0 Å². The lowest BCUT2D eigenvalue weighted by Crippen LogP contribution is -2.40. The van der Waals surface area contributed by atoms with E-state index < -0.39 is 0 Å². The first-order chi connectivity index (χ1) is 8.99. The summed E-state index contributed by atoms with van der Waals surface area (Å²) in [7, 11) is 0. The Kier molecular flexibility index (Phi) is 6.15. The second-order valence-corrected chi connectivity index (χ2v) is 4.50. The molecule has 0 bridgehead atoms. The molecule has 1 aromatic rings. The number of nitrogens with one attached hydrogen (secondary N) is 2. The highest BCUT2D eigenvalue weighted by Gasteiger charge is 2.02. The summed E-state index contributed by atoms with van der Waals surface area (Å²) in [5.41, 5.74) is 5.46. The number of rotatable bonds is 5. The Bertz CT molecular complexity index is 463. The van der Waals surface area contributed by atoms with Crippen molar-refractivity contribution >= 4 is 23.4 Å². The second kappa shape index (κ2) is 7.63. The first-order valence-corrected chi connectivity index (χ1v) is 6.31. The normalized spacial score (nSPS) is 9.84. The van der Waals surface area contributed by atoms with Gasteiger partial charge in [0.25, 0.3) is 0 Å². The van der Waals surface area contributed by atoms with Gasteiger partial charge >= 0.3 is 0 Å². The van der Waals surface area contributed by atoms with E-state index in [-0.39, 0.29) is 18.2 Å². The van der Waals surface area contributed by atoms with E-state index in [9.17, 15) is 9.59 Å². The fourth-order valence-corrected chi connectivity index (χ4v) is 1.47. The molecule has 0 fully saturated rings. The van der Waals surface area contributed by atoms with Gasteiger partial charge in [-0.1, -0.05) is 11.6 Å². The Labute approximate surface area is 117 Å². The molecule has 2 N–H and O–H groups in total. The number of carbonyl (C=O) groups is 2. The van der Waals surface area contributed by atoms with E-state index >= 15 is 0 Å². The van der Waals surface area contributed by atoms with Crippen molar-refractivity contribution in [1.29, 1.82) is 0 Å². The standard InChI is InChI=1S/C13H17ClN2O3/c1-9-8-11(5-6-12(9)14)19-7-3-4-13(18)16-15-10(2)17/h5-6,8H,3-4,7H2,1-2H3,(H,15,17)(H,16,18). The van der Waals surface area contributed by atoms with Crippen LogP contribution in [0, 0.1) is 6.92 Å². The van der Waals surface area contributed by atoms with Gasteiger partial charge < -0.3 is 4.74 Å². The van der Waals surface area contributed by atoms with Gasteiger partial charge in [-0.15, -0.1) is 0 Å². The van der Waals surface area contributed by atoms with Crippen molar-refractivity contribution in [3.8, 4) is 5.75 Å². The zero-order valence-corrected chi connectivity index (χ0v) is 11.7. The third-order valence-electron chi connectivity index (χ3n) is 2.32. The first-order valence-electron chi connectivity index (χ1n) is 5.93. The van der Waals surface area contributed by atoms with Crippen molar-refractivity contribution in [1.82, 2.24) is 10.9 Å². The maximum absolute atomic E-state index is 11.3. The summed E-state index contributed by atoms with van der Waals surface area (Å²) in [5, 5.41) is 0.696. The minimum Gasteiger partial charge on any atom is -0.494 e. The molecule has 1 rings (SSSR count). The van der Waals surface area contributed by atoms with Crippen LogP contribution in [-0.4, -0.2) is 18.4 Å². The topological polar surface area (TPSA) is 67.4 Å². The van der Waals surface area contributed by atoms with Crippen molar-refractivity contribution in [2.75, 3.05) is 6.61 Å². The number of benzene rings is 1. The predicted molar refractivity (Wildman–Crippen MR) is 72.9 cm³/mol. The maximum Gasteiger partial charge on any atom is 0.238 e. The van der Waals surface area contributed by atoms with Crippen LogP contribution in [0.15, 0.2) is 18.2 Å². The van der Waals surface area contributed by atoms with Gasteiger partial charge in [-0.2, -0.15) is 0 Å². The molecule has 0 aromatic heterocycles. The van der Waals surface area contributed by atoms with Gasteiger partial charge in [0.2, 0.25) is 11.8 Å². The van der Waals surface area contributed by atoms with Gasteiger partial charge in [-0.25, -0.2) is 0 Å². The molecular formula is C13H17ClN2O3. The monoisotopic (exact) mass is 284 g/mol. The molecule has 6 heteroatoms. The third kappa shape index (κ3) is 6.10. The van der Waals surface area contributed by atoms with Crippen LogP contribution in [-0.2, 0) is 9.59 Å². The number of ether oxygens (including phenoxy) is 1. The molecule has 0 heterocycles. The van der Waals surface area contributed by atoms with Gasteiger partial charge in [0.15, 0.2) is 0 Å².